The molecule has 0 aliphatic carbocycles. The molecule has 0 bridgehead atoms. The Hall–Kier alpha value is -0.950. The summed E-state index contributed by atoms with van der Waals surface area (Å²) in [6.45, 7) is 0. The summed E-state index contributed by atoms with van der Waals surface area (Å²) in [5, 5.41) is 1.80. The summed E-state index contributed by atoms with van der Waals surface area (Å²) in [4.78, 5) is 20.3. The molecule has 1 heterocycles. The standard InChI is InChI=1S/C14H12Cl2N2O2S2/c1-20-13(19)10-11(16)17-14(21-2)18-12(10)22-7-8-3-5-9(15)6-4-8/h3-6H,7H2,1-2H3. The first-order valence-corrected chi connectivity index (χ1v) is 9.09. The number of benzene rings is 1. The molecule has 0 aliphatic rings. The highest BCUT2D eigenvalue weighted by molar-refractivity contribution is 7.99. The van der Waals surface area contributed by atoms with Crippen LogP contribution in [0.1, 0.15) is 15.9 Å². The maximum absolute atomic E-state index is 11.9. The summed E-state index contributed by atoms with van der Waals surface area (Å²) in [5.41, 5.74) is 1.26. The van der Waals surface area contributed by atoms with Gasteiger partial charge in [0.25, 0.3) is 0 Å². The first-order chi connectivity index (χ1) is 10.5. The number of carbonyl (C=O) groups is 1. The Balaban J connectivity index is 2.29. The minimum absolute atomic E-state index is 0.102. The minimum Gasteiger partial charge on any atom is -0.465 e. The molecular weight excluding hydrogens is 363 g/mol. The van der Waals surface area contributed by atoms with Crippen molar-refractivity contribution in [3.8, 4) is 0 Å². The molecule has 22 heavy (non-hydrogen) atoms. The molecule has 0 unspecified atom stereocenters. The average molecular weight is 375 g/mol. The number of esters is 1. The molecule has 2 aromatic rings. The van der Waals surface area contributed by atoms with Gasteiger partial charge in [-0.25, -0.2) is 14.8 Å². The Kier molecular flexibility index (Phi) is 6.37. The summed E-state index contributed by atoms with van der Waals surface area (Å²) in [6, 6.07) is 7.48. The molecule has 2 rings (SSSR count). The van der Waals surface area contributed by atoms with Crippen molar-refractivity contribution in [2.75, 3.05) is 13.4 Å². The quantitative estimate of drug-likeness (QED) is 0.330. The van der Waals surface area contributed by atoms with Gasteiger partial charge in [0.15, 0.2) is 5.16 Å². The van der Waals surface area contributed by atoms with Gasteiger partial charge < -0.3 is 4.74 Å². The zero-order chi connectivity index (χ0) is 16.1. The highest BCUT2D eigenvalue weighted by Gasteiger charge is 2.21. The van der Waals surface area contributed by atoms with Crippen molar-refractivity contribution in [1.29, 1.82) is 0 Å². The van der Waals surface area contributed by atoms with Gasteiger partial charge in [-0.1, -0.05) is 47.1 Å². The molecule has 0 atom stereocenters. The van der Waals surface area contributed by atoms with Crippen LogP contribution in [0.2, 0.25) is 10.2 Å². The fourth-order valence-corrected chi connectivity index (χ4v) is 3.47. The van der Waals surface area contributed by atoms with Crippen LogP contribution in [0.5, 0.6) is 0 Å². The number of hydrogen-bond acceptors (Lipinski definition) is 6. The number of hydrogen-bond donors (Lipinski definition) is 0. The molecule has 1 aromatic heterocycles. The van der Waals surface area contributed by atoms with E-state index in [4.69, 9.17) is 27.9 Å². The maximum Gasteiger partial charge on any atom is 0.343 e. The molecule has 8 heteroatoms. The number of halogens is 2. The van der Waals surface area contributed by atoms with Crippen LogP contribution in [-0.4, -0.2) is 29.3 Å². The lowest BCUT2D eigenvalue weighted by Gasteiger charge is -2.09. The third-order valence-corrected chi connectivity index (χ3v) is 4.79. The molecule has 0 N–H and O–H groups in total. The SMILES string of the molecule is COC(=O)c1c(Cl)nc(SC)nc1SCc1ccc(Cl)cc1. The zero-order valence-electron chi connectivity index (χ0n) is 11.8. The number of carbonyl (C=O) groups excluding carboxylic acids is 1. The smallest absolute Gasteiger partial charge is 0.343 e. The molecule has 1 aromatic carbocycles. The molecule has 0 amide bonds. The van der Waals surface area contributed by atoms with Crippen LogP contribution in [0.25, 0.3) is 0 Å². The van der Waals surface area contributed by atoms with Gasteiger partial charge >= 0.3 is 5.97 Å². The lowest BCUT2D eigenvalue weighted by molar-refractivity contribution is 0.0595. The topological polar surface area (TPSA) is 52.1 Å². The molecule has 0 aliphatic heterocycles. The zero-order valence-corrected chi connectivity index (χ0v) is 14.9. The summed E-state index contributed by atoms with van der Waals surface area (Å²) in [7, 11) is 1.30. The average Bonchev–Trinajstić information content (AvgIpc) is 2.53. The van der Waals surface area contributed by atoms with E-state index in [0.717, 1.165) is 5.56 Å². The maximum atomic E-state index is 11.9. The third-order valence-electron chi connectivity index (χ3n) is 2.67. The van der Waals surface area contributed by atoms with Crippen LogP contribution in [0.15, 0.2) is 34.4 Å². The van der Waals surface area contributed by atoms with E-state index in [1.807, 2.05) is 30.5 Å². The predicted molar refractivity (Wildman–Crippen MR) is 91.2 cm³/mol. The fourth-order valence-electron chi connectivity index (χ4n) is 1.60. The van der Waals surface area contributed by atoms with E-state index in [-0.39, 0.29) is 10.7 Å². The summed E-state index contributed by atoms with van der Waals surface area (Å²) >= 11 is 14.7. The summed E-state index contributed by atoms with van der Waals surface area (Å²) < 4.78 is 4.76. The van der Waals surface area contributed by atoms with Gasteiger partial charge in [0.05, 0.1) is 7.11 Å². The Bertz CT molecular complexity index is 681. The number of methoxy groups -OCH3 is 1. The Labute approximate surface area is 147 Å². The number of nitrogens with zero attached hydrogens (tertiary/aromatic N) is 2. The largest absolute Gasteiger partial charge is 0.465 e. The highest BCUT2D eigenvalue weighted by atomic mass is 35.5. The Morgan fingerprint density at radius 3 is 2.50 bits per heavy atom. The van der Waals surface area contributed by atoms with Crippen LogP contribution in [0.3, 0.4) is 0 Å². The number of ether oxygens (including phenoxy) is 1. The van der Waals surface area contributed by atoms with Crippen LogP contribution in [0, 0.1) is 0 Å². The monoisotopic (exact) mass is 374 g/mol. The second-order valence-electron chi connectivity index (χ2n) is 4.09. The summed E-state index contributed by atoms with van der Waals surface area (Å²) in [6.07, 6.45) is 1.84. The van der Waals surface area contributed by atoms with E-state index < -0.39 is 5.97 Å². The molecule has 0 saturated carbocycles. The molecule has 0 fully saturated rings. The normalized spacial score (nSPS) is 10.5. The Morgan fingerprint density at radius 1 is 1.23 bits per heavy atom. The van der Waals surface area contributed by atoms with Gasteiger partial charge in [0, 0.05) is 10.8 Å². The van der Waals surface area contributed by atoms with Gasteiger partial charge in [-0.05, 0) is 24.0 Å². The van der Waals surface area contributed by atoms with Crippen molar-refractivity contribution < 1.29 is 9.53 Å². The predicted octanol–water partition coefficient (Wildman–Crippen LogP) is 4.58. The van der Waals surface area contributed by atoms with Crippen molar-refractivity contribution >= 4 is 52.7 Å². The second-order valence-corrected chi connectivity index (χ2v) is 6.62. The van der Waals surface area contributed by atoms with E-state index in [9.17, 15) is 4.79 Å². The van der Waals surface area contributed by atoms with Crippen molar-refractivity contribution in [3.63, 3.8) is 0 Å². The third kappa shape index (κ3) is 4.29. The first-order valence-electron chi connectivity index (χ1n) is 6.12. The molecule has 0 saturated heterocycles. The van der Waals surface area contributed by atoms with Crippen molar-refractivity contribution in [2.45, 2.75) is 15.9 Å². The van der Waals surface area contributed by atoms with Crippen LogP contribution in [0.4, 0.5) is 0 Å². The van der Waals surface area contributed by atoms with Gasteiger partial charge in [-0.15, -0.1) is 11.8 Å². The lowest BCUT2D eigenvalue weighted by Crippen LogP contribution is -2.08. The summed E-state index contributed by atoms with van der Waals surface area (Å²) in [5.74, 6) is 0.0822. The second kappa shape index (κ2) is 8.06. The molecule has 116 valence electrons. The molecule has 0 radical (unpaired) electrons. The molecule has 0 spiro atoms. The van der Waals surface area contributed by atoms with E-state index >= 15 is 0 Å². The van der Waals surface area contributed by atoms with E-state index in [0.29, 0.717) is 21.0 Å². The van der Waals surface area contributed by atoms with Gasteiger partial charge in [-0.3, -0.25) is 0 Å². The number of aromatic nitrogens is 2. The fraction of sp³-hybridized carbons (Fsp3) is 0.214. The van der Waals surface area contributed by atoms with E-state index in [1.54, 1.807) is 0 Å². The van der Waals surface area contributed by atoms with Crippen molar-refractivity contribution in [3.05, 3.63) is 45.6 Å². The number of thioether (sulfide) groups is 2. The van der Waals surface area contributed by atoms with Crippen LogP contribution < -0.4 is 0 Å². The number of rotatable bonds is 5. The lowest BCUT2D eigenvalue weighted by atomic mass is 10.2. The van der Waals surface area contributed by atoms with Crippen molar-refractivity contribution in [1.82, 2.24) is 9.97 Å². The van der Waals surface area contributed by atoms with Gasteiger partial charge in [-0.2, -0.15) is 0 Å². The first kappa shape index (κ1) is 17.4. The molecular formula is C14H12Cl2N2O2S2. The van der Waals surface area contributed by atoms with Gasteiger partial charge in [0.2, 0.25) is 0 Å². The minimum atomic E-state index is -0.545. The Morgan fingerprint density at radius 2 is 1.91 bits per heavy atom. The molecule has 4 nitrogen and oxygen atoms in total. The highest BCUT2D eigenvalue weighted by Crippen LogP contribution is 2.31. The van der Waals surface area contributed by atoms with Crippen LogP contribution in [-0.2, 0) is 10.5 Å². The van der Waals surface area contributed by atoms with Crippen LogP contribution >= 0.6 is 46.7 Å². The van der Waals surface area contributed by atoms with Crippen molar-refractivity contribution in [2.24, 2.45) is 0 Å². The van der Waals surface area contributed by atoms with E-state index in [2.05, 4.69) is 9.97 Å². The van der Waals surface area contributed by atoms with E-state index in [1.165, 1.54) is 30.6 Å². The van der Waals surface area contributed by atoms with Gasteiger partial charge in [0.1, 0.15) is 15.7 Å².